The molecule has 1 fully saturated rings. The number of carbonyl (C=O) groups is 3. The highest BCUT2D eigenvalue weighted by Gasteiger charge is 2.36. The summed E-state index contributed by atoms with van der Waals surface area (Å²) in [5, 5.41) is 5.17. The monoisotopic (exact) mass is 606 g/mol. The molecule has 1 saturated heterocycles. The largest absolute Gasteiger partial charge is 0.490 e. The van der Waals surface area contributed by atoms with Crippen LogP contribution in [0.5, 0.6) is 11.5 Å². The molecule has 0 atom stereocenters. The third-order valence-corrected chi connectivity index (χ3v) is 7.70. The molecule has 0 unspecified atom stereocenters. The van der Waals surface area contributed by atoms with Crippen LogP contribution < -0.4 is 14.8 Å². The van der Waals surface area contributed by atoms with Crippen LogP contribution in [-0.4, -0.2) is 35.1 Å². The molecule has 1 N–H and O–H groups in total. The Morgan fingerprint density at radius 2 is 1.76 bits per heavy atom. The van der Waals surface area contributed by atoms with Gasteiger partial charge in [0.1, 0.15) is 13.2 Å². The lowest BCUT2D eigenvalue weighted by Gasteiger charge is -2.14. The first-order chi connectivity index (χ1) is 19.8. The number of nitrogens with one attached hydrogen (secondary N) is 1. The van der Waals surface area contributed by atoms with Crippen LogP contribution in [0.15, 0.2) is 83.8 Å². The zero-order chi connectivity index (χ0) is 28.9. The molecule has 1 heterocycles. The number of hydrogen-bond acceptors (Lipinski definition) is 6. The van der Waals surface area contributed by atoms with Gasteiger partial charge in [0.15, 0.2) is 11.5 Å². The van der Waals surface area contributed by atoms with Gasteiger partial charge in [-0.25, -0.2) is 0 Å². The number of rotatable bonds is 9. The molecule has 208 valence electrons. The number of thioether (sulfide) groups is 1. The number of imide groups is 1. The molecule has 0 aromatic heterocycles. The Hall–Kier alpha value is -3.98. The second-order valence-corrected chi connectivity index (χ2v) is 10.8. The number of halogens is 2. The molecule has 5 rings (SSSR count). The Bertz CT molecular complexity index is 1690. The lowest BCUT2D eigenvalue weighted by Crippen LogP contribution is -2.36. The van der Waals surface area contributed by atoms with Crippen molar-refractivity contribution in [2.24, 2.45) is 0 Å². The Labute approximate surface area is 251 Å². The number of benzene rings is 4. The average Bonchev–Trinajstić information content (AvgIpc) is 3.21. The fraction of sp³-hybridized carbons (Fsp3) is 0.129. The molecule has 1 aliphatic rings. The first kappa shape index (κ1) is 28.5. The van der Waals surface area contributed by atoms with Crippen LogP contribution in [0.1, 0.15) is 18.1 Å². The van der Waals surface area contributed by atoms with Crippen molar-refractivity contribution in [2.75, 3.05) is 18.5 Å². The summed E-state index contributed by atoms with van der Waals surface area (Å²) in [5.41, 5.74) is 2.01. The Balaban J connectivity index is 1.28. The highest BCUT2D eigenvalue weighted by Crippen LogP contribution is 2.35. The van der Waals surface area contributed by atoms with Gasteiger partial charge in [0.25, 0.3) is 11.1 Å². The van der Waals surface area contributed by atoms with Crippen LogP contribution in [0.2, 0.25) is 10.0 Å². The fourth-order valence-corrected chi connectivity index (χ4v) is 5.55. The minimum absolute atomic E-state index is 0.204. The third kappa shape index (κ3) is 6.68. The van der Waals surface area contributed by atoms with Crippen LogP contribution in [0, 0.1) is 0 Å². The normalized spacial score (nSPS) is 14.1. The molecule has 0 bridgehead atoms. The van der Waals surface area contributed by atoms with Crippen molar-refractivity contribution in [1.82, 2.24) is 4.90 Å². The summed E-state index contributed by atoms with van der Waals surface area (Å²) in [6, 6.07) is 23.6. The first-order valence-electron chi connectivity index (χ1n) is 12.7. The van der Waals surface area contributed by atoms with Gasteiger partial charge in [-0.15, -0.1) is 0 Å². The standard InChI is InChI=1S/C31H24Cl2N2O5S/c1-2-39-27-14-19(10-13-26(27)40-18-21-11-12-22(32)16-24(21)33)15-28-30(37)35(31(38)41-28)17-29(36)34-25-9-5-7-20-6-3-4-8-23(20)25/h3-16H,2,17-18H2,1H3,(H,34,36)/b28-15+. The third-order valence-electron chi connectivity index (χ3n) is 6.20. The van der Waals surface area contributed by atoms with E-state index in [1.54, 1.807) is 48.5 Å². The van der Waals surface area contributed by atoms with Gasteiger partial charge in [0, 0.05) is 26.7 Å². The molecule has 41 heavy (non-hydrogen) atoms. The van der Waals surface area contributed by atoms with E-state index < -0.39 is 23.6 Å². The van der Waals surface area contributed by atoms with E-state index in [4.69, 9.17) is 32.7 Å². The number of nitrogens with zero attached hydrogens (tertiary/aromatic N) is 1. The van der Waals surface area contributed by atoms with Crippen LogP contribution in [0.25, 0.3) is 16.8 Å². The summed E-state index contributed by atoms with van der Waals surface area (Å²) in [6.07, 6.45) is 1.59. The van der Waals surface area contributed by atoms with Gasteiger partial charge in [0.2, 0.25) is 5.91 Å². The highest BCUT2D eigenvalue weighted by atomic mass is 35.5. The molecule has 0 aliphatic carbocycles. The predicted molar refractivity (Wildman–Crippen MR) is 164 cm³/mol. The van der Waals surface area contributed by atoms with Crippen molar-refractivity contribution >= 4 is 74.6 Å². The Morgan fingerprint density at radius 1 is 0.951 bits per heavy atom. The summed E-state index contributed by atoms with van der Waals surface area (Å²) in [7, 11) is 0. The number of anilines is 1. The van der Waals surface area contributed by atoms with Gasteiger partial charge in [0.05, 0.1) is 11.5 Å². The van der Waals surface area contributed by atoms with Crippen LogP contribution in [0.3, 0.4) is 0 Å². The van der Waals surface area contributed by atoms with E-state index in [0.717, 1.165) is 33.0 Å². The van der Waals surface area contributed by atoms with Gasteiger partial charge in [-0.3, -0.25) is 19.3 Å². The van der Waals surface area contributed by atoms with Crippen molar-refractivity contribution in [1.29, 1.82) is 0 Å². The van der Waals surface area contributed by atoms with Crippen molar-refractivity contribution < 1.29 is 23.9 Å². The molecule has 0 saturated carbocycles. The summed E-state index contributed by atoms with van der Waals surface area (Å²) in [6.45, 7) is 2.05. The van der Waals surface area contributed by atoms with Gasteiger partial charge in [-0.05, 0) is 66.0 Å². The quantitative estimate of drug-likeness (QED) is 0.196. The van der Waals surface area contributed by atoms with E-state index in [1.807, 2.05) is 43.3 Å². The fourth-order valence-electron chi connectivity index (χ4n) is 4.25. The summed E-state index contributed by atoms with van der Waals surface area (Å²) < 4.78 is 11.7. The second kappa shape index (κ2) is 12.7. The van der Waals surface area contributed by atoms with E-state index in [0.29, 0.717) is 39.4 Å². The van der Waals surface area contributed by atoms with E-state index in [1.165, 1.54) is 0 Å². The van der Waals surface area contributed by atoms with E-state index in [2.05, 4.69) is 5.32 Å². The van der Waals surface area contributed by atoms with Gasteiger partial charge < -0.3 is 14.8 Å². The molecule has 0 radical (unpaired) electrons. The highest BCUT2D eigenvalue weighted by molar-refractivity contribution is 8.18. The maximum absolute atomic E-state index is 13.1. The minimum Gasteiger partial charge on any atom is -0.490 e. The minimum atomic E-state index is -0.538. The van der Waals surface area contributed by atoms with Crippen molar-refractivity contribution in [3.63, 3.8) is 0 Å². The molecule has 3 amide bonds. The first-order valence-corrected chi connectivity index (χ1v) is 14.3. The van der Waals surface area contributed by atoms with Crippen molar-refractivity contribution in [3.8, 4) is 11.5 Å². The molecule has 1 aliphatic heterocycles. The van der Waals surface area contributed by atoms with E-state index in [9.17, 15) is 14.4 Å². The van der Waals surface area contributed by atoms with Crippen molar-refractivity contribution in [3.05, 3.63) is 105 Å². The summed E-state index contributed by atoms with van der Waals surface area (Å²) in [5.74, 6) is -0.0391. The Morgan fingerprint density at radius 3 is 2.56 bits per heavy atom. The van der Waals surface area contributed by atoms with Gasteiger partial charge in [-0.1, -0.05) is 71.7 Å². The molecular formula is C31H24Cl2N2O5S. The summed E-state index contributed by atoms with van der Waals surface area (Å²) >= 11 is 13.0. The molecule has 10 heteroatoms. The van der Waals surface area contributed by atoms with Gasteiger partial charge in [-0.2, -0.15) is 0 Å². The second-order valence-electron chi connectivity index (χ2n) is 9.01. The average molecular weight is 608 g/mol. The maximum atomic E-state index is 13.1. The predicted octanol–water partition coefficient (Wildman–Crippen LogP) is 7.80. The maximum Gasteiger partial charge on any atom is 0.294 e. The molecule has 7 nitrogen and oxygen atoms in total. The topological polar surface area (TPSA) is 84.9 Å². The van der Waals surface area contributed by atoms with Crippen LogP contribution in [-0.2, 0) is 16.2 Å². The SMILES string of the molecule is CCOc1cc(/C=C2/SC(=O)N(CC(=O)Nc3cccc4ccccc34)C2=O)ccc1OCc1ccc(Cl)cc1Cl. The van der Waals surface area contributed by atoms with Gasteiger partial charge >= 0.3 is 0 Å². The number of carbonyl (C=O) groups excluding carboxylic acids is 3. The Kier molecular flexibility index (Phi) is 8.83. The van der Waals surface area contributed by atoms with E-state index >= 15 is 0 Å². The summed E-state index contributed by atoms with van der Waals surface area (Å²) in [4.78, 5) is 39.7. The number of ether oxygens (including phenoxy) is 2. The smallest absolute Gasteiger partial charge is 0.294 e. The lowest BCUT2D eigenvalue weighted by molar-refractivity contribution is -0.127. The zero-order valence-electron chi connectivity index (χ0n) is 21.9. The molecule has 4 aromatic carbocycles. The zero-order valence-corrected chi connectivity index (χ0v) is 24.2. The molecule has 0 spiro atoms. The van der Waals surface area contributed by atoms with Crippen molar-refractivity contribution in [2.45, 2.75) is 13.5 Å². The molecule has 4 aromatic rings. The molecular weight excluding hydrogens is 583 g/mol. The number of amides is 3. The number of hydrogen-bond donors (Lipinski definition) is 1. The van der Waals surface area contributed by atoms with Crippen LogP contribution >= 0.6 is 35.0 Å². The van der Waals surface area contributed by atoms with E-state index in [-0.39, 0.29) is 11.5 Å². The van der Waals surface area contributed by atoms with Crippen LogP contribution in [0.4, 0.5) is 10.5 Å². The number of fused-ring (bicyclic) bond motifs is 1. The lowest BCUT2D eigenvalue weighted by atomic mass is 10.1.